The summed E-state index contributed by atoms with van der Waals surface area (Å²) in [4.78, 5) is 41.7. The summed E-state index contributed by atoms with van der Waals surface area (Å²) in [6, 6.07) is 9.81. The number of piperazine rings is 1. The van der Waals surface area contributed by atoms with Gasteiger partial charge < -0.3 is 14.4 Å². The molecule has 0 bridgehead atoms. The second-order valence-corrected chi connectivity index (χ2v) is 6.77. The summed E-state index contributed by atoms with van der Waals surface area (Å²) in [6.07, 6.45) is 1.66. The molecule has 2 heterocycles. The van der Waals surface area contributed by atoms with Crippen LogP contribution < -0.4 is 16.1 Å². The molecular formula is C19H24N4O3. The van der Waals surface area contributed by atoms with Gasteiger partial charge >= 0.3 is 5.69 Å². The van der Waals surface area contributed by atoms with Crippen molar-refractivity contribution in [3.05, 3.63) is 62.9 Å². The minimum atomic E-state index is -0.484. The summed E-state index contributed by atoms with van der Waals surface area (Å²) in [5.74, 6) is 0.0270. The number of carbonyl (C=O) groups is 1. The van der Waals surface area contributed by atoms with Gasteiger partial charge in [-0.3, -0.25) is 14.6 Å². The smallest absolute Gasteiger partial charge is 0.328 e. The molecule has 7 heteroatoms. The Hall–Kier alpha value is -2.83. The first-order valence-corrected chi connectivity index (χ1v) is 8.85. The van der Waals surface area contributed by atoms with Crippen LogP contribution in [0, 0.1) is 6.92 Å². The fraction of sp³-hybridized carbons (Fsp3) is 0.421. The quantitative estimate of drug-likeness (QED) is 0.886. The van der Waals surface area contributed by atoms with E-state index in [1.54, 1.807) is 0 Å². The monoisotopic (exact) mass is 356 g/mol. The van der Waals surface area contributed by atoms with Gasteiger partial charge in [-0.15, -0.1) is 0 Å². The number of aryl methyl sites for hydroxylation is 2. The number of H-pyrrole nitrogens is 1. The number of amides is 1. The third-order valence-corrected chi connectivity index (χ3v) is 4.81. The first-order valence-electron chi connectivity index (χ1n) is 8.85. The molecule has 1 saturated heterocycles. The van der Waals surface area contributed by atoms with E-state index in [9.17, 15) is 14.4 Å². The van der Waals surface area contributed by atoms with Gasteiger partial charge in [-0.05, 0) is 26.0 Å². The van der Waals surface area contributed by atoms with Crippen LogP contribution in [0.3, 0.4) is 0 Å². The van der Waals surface area contributed by atoms with Crippen LogP contribution in [0.4, 0.5) is 5.69 Å². The van der Waals surface area contributed by atoms with Crippen LogP contribution in [-0.4, -0.2) is 46.0 Å². The first kappa shape index (κ1) is 18.0. The fourth-order valence-electron chi connectivity index (χ4n) is 3.30. The van der Waals surface area contributed by atoms with Gasteiger partial charge in [-0.1, -0.05) is 17.7 Å². The molecule has 1 aromatic heterocycles. The van der Waals surface area contributed by atoms with Crippen LogP contribution >= 0.6 is 0 Å². The molecule has 1 fully saturated rings. The van der Waals surface area contributed by atoms with Crippen molar-refractivity contribution >= 4 is 11.6 Å². The lowest BCUT2D eigenvalue weighted by molar-refractivity contribution is -0.133. The molecule has 0 radical (unpaired) electrons. The number of anilines is 1. The number of aromatic amines is 1. The van der Waals surface area contributed by atoms with Gasteiger partial charge in [0.15, 0.2) is 0 Å². The van der Waals surface area contributed by atoms with Crippen molar-refractivity contribution in [2.45, 2.75) is 32.9 Å². The van der Waals surface area contributed by atoms with E-state index in [1.807, 2.05) is 11.8 Å². The molecule has 0 aliphatic carbocycles. The second kappa shape index (κ2) is 7.59. The van der Waals surface area contributed by atoms with E-state index in [1.165, 1.54) is 28.1 Å². The van der Waals surface area contributed by atoms with Gasteiger partial charge in [0.05, 0.1) is 0 Å². The Morgan fingerprint density at radius 2 is 1.88 bits per heavy atom. The van der Waals surface area contributed by atoms with Crippen LogP contribution in [0.5, 0.6) is 0 Å². The van der Waals surface area contributed by atoms with E-state index in [0.29, 0.717) is 6.54 Å². The maximum Gasteiger partial charge on any atom is 0.328 e. The Bertz CT molecular complexity index is 885. The Labute approximate surface area is 151 Å². The lowest BCUT2D eigenvalue weighted by Crippen LogP contribution is -2.54. The van der Waals surface area contributed by atoms with Crippen molar-refractivity contribution in [1.29, 1.82) is 0 Å². The summed E-state index contributed by atoms with van der Waals surface area (Å²) in [5.41, 5.74) is 1.49. The Kier molecular flexibility index (Phi) is 5.25. The van der Waals surface area contributed by atoms with Crippen LogP contribution in [-0.2, 0) is 11.3 Å². The SMILES string of the molecule is Cc1ccc(N2CCN(C(=O)CCn3ccc(=O)[nH]c3=O)[C@@H](C)C2)cc1. The predicted octanol–water partition coefficient (Wildman–Crippen LogP) is 0.972. The van der Waals surface area contributed by atoms with Crippen molar-refractivity contribution in [3.63, 3.8) is 0 Å². The molecule has 0 unspecified atom stereocenters. The van der Waals surface area contributed by atoms with Gasteiger partial charge in [-0.2, -0.15) is 0 Å². The van der Waals surface area contributed by atoms with Crippen LogP contribution in [0.25, 0.3) is 0 Å². The number of nitrogens with zero attached hydrogens (tertiary/aromatic N) is 3. The van der Waals surface area contributed by atoms with E-state index in [-0.39, 0.29) is 24.9 Å². The van der Waals surface area contributed by atoms with E-state index in [2.05, 4.69) is 41.1 Å². The van der Waals surface area contributed by atoms with Gasteiger partial charge in [-0.25, -0.2) is 4.79 Å². The van der Waals surface area contributed by atoms with Crippen molar-refractivity contribution in [1.82, 2.24) is 14.5 Å². The Morgan fingerprint density at radius 3 is 2.54 bits per heavy atom. The summed E-state index contributed by atoms with van der Waals surface area (Å²) in [5, 5.41) is 0. The maximum absolute atomic E-state index is 12.6. The lowest BCUT2D eigenvalue weighted by atomic mass is 10.1. The van der Waals surface area contributed by atoms with Gasteiger partial charge in [0, 0.05) is 56.6 Å². The minimum Gasteiger partial charge on any atom is -0.368 e. The summed E-state index contributed by atoms with van der Waals surface area (Å²) in [7, 11) is 0. The second-order valence-electron chi connectivity index (χ2n) is 6.77. The van der Waals surface area contributed by atoms with Gasteiger partial charge in [0.1, 0.15) is 0 Å². The van der Waals surface area contributed by atoms with Crippen molar-refractivity contribution in [3.8, 4) is 0 Å². The van der Waals surface area contributed by atoms with Crippen molar-refractivity contribution < 1.29 is 4.79 Å². The molecule has 0 spiro atoms. The molecule has 138 valence electrons. The third kappa shape index (κ3) is 4.04. The van der Waals surface area contributed by atoms with Crippen LogP contribution in [0.15, 0.2) is 46.1 Å². The number of hydrogen-bond acceptors (Lipinski definition) is 4. The first-order chi connectivity index (χ1) is 12.4. The van der Waals surface area contributed by atoms with Crippen LogP contribution in [0.2, 0.25) is 0 Å². The van der Waals surface area contributed by atoms with Crippen molar-refractivity contribution in [2.75, 3.05) is 24.5 Å². The highest BCUT2D eigenvalue weighted by Crippen LogP contribution is 2.20. The topological polar surface area (TPSA) is 78.4 Å². The van der Waals surface area contributed by atoms with E-state index >= 15 is 0 Å². The number of nitrogens with one attached hydrogen (secondary N) is 1. The zero-order valence-corrected chi connectivity index (χ0v) is 15.1. The van der Waals surface area contributed by atoms with E-state index < -0.39 is 11.2 Å². The molecular weight excluding hydrogens is 332 g/mol. The molecule has 7 nitrogen and oxygen atoms in total. The fourth-order valence-corrected chi connectivity index (χ4v) is 3.30. The normalized spacial score (nSPS) is 17.4. The molecule has 1 aromatic carbocycles. The number of carbonyl (C=O) groups excluding carboxylic acids is 1. The number of benzene rings is 1. The van der Waals surface area contributed by atoms with Gasteiger partial charge in [0.2, 0.25) is 5.91 Å². The lowest BCUT2D eigenvalue weighted by Gasteiger charge is -2.41. The molecule has 3 rings (SSSR count). The molecule has 1 atom stereocenters. The van der Waals surface area contributed by atoms with Crippen LogP contribution in [0.1, 0.15) is 18.9 Å². The summed E-state index contributed by atoms with van der Waals surface area (Å²) >= 11 is 0. The Balaban J connectivity index is 1.58. The average Bonchev–Trinajstić information content (AvgIpc) is 2.61. The average molecular weight is 356 g/mol. The largest absolute Gasteiger partial charge is 0.368 e. The third-order valence-electron chi connectivity index (χ3n) is 4.81. The molecule has 0 saturated carbocycles. The van der Waals surface area contributed by atoms with Gasteiger partial charge in [0.25, 0.3) is 5.56 Å². The summed E-state index contributed by atoms with van der Waals surface area (Å²) < 4.78 is 1.35. The highest BCUT2D eigenvalue weighted by molar-refractivity contribution is 5.76. The zero-order chi connectivity index (χ0) is 18.7. The van der Waals surface area contributed by atoms with E-state index in [0.717, 1.165) is 13.1 Å². The molecule has 1 N–H and O–H groups in total. The number of hydrogen-bond donors (Lipinski definition) is 1. The van der Waals surface area contributed by atoms with E-state index in [4.69, 9.17) is 0 Å². The molecule has 2 aromatic rings. The minimum absolute atomic E-state index is 0.0270. The number of rotatable bonds is 4. The standard InChI is InChI=1S/C19H24N4O3/c1-14-3-5-16(6-4-14)22-11-12-23(15(2)13-22)18(25)8-10-21-9-7-17(24)20-19(21)26/h3-7,9,15H,8,10-13H2,1-2H3,(H,20,24,26)/t15-/m0/s1. The Morgan fingerprint density at radius 1 is 1.15 bits per heavy atom. The highest BCUT2D eigenvalue weighted by atomic mass is 16.2. The van der Waals surface area contributed by atoms with Crippen molar-refractivity contribution in [2.24, 2.45) is 0 Å². The molecule has 1 aliphatic rings. The predicted molar refractivity (Wildman–Crippen MR) is 101 cm³/mol. The summed E-state index contributed by atoms with van der Waals surface area (Å²) in [6.45, 7) is 6.61. The maximum atomic E-state index is 12.6. The molecule has 1 amide bonds. The highest BCUT2D eigenvalue weighted by Gasteiger charge is 2.27. The molecule has 26 heavy (non-hydrogen) atoms. The number of aromatic nitrogens is 2. The molecule has 1 aliphatic heterocycles. The zero-order valence-electron chi connectivity index (χ0n) is 15.1.